The van der Waals surface area contributed by atoms with Crippen LogP contribution in [0.3, 0.4) is 0 Å². The predicted molar refractivity (Wildman–Crippen MR) is 131 cm³/mol. The van der Waals surface area contributed by atoms with Crippen LogP contribution in [-0.2, 0) is 11.3 Å². The molecule has 3 aromatic rings. The first-order valence-electron chi connectivity index (χ1n) is 10.4. The Labute approximate surface area is 209 Å². The standard InChI is InChI=1S/C24H22ClN3O6S/c1-13-8-19(22(31)26-11-14-4-2-7-17(29)9-14)35-20(13)23(32)28-18(24(33)34)12-27-21(30)15-5-3-6-16(25)10-15/h2-10,18,29H,11-12H2,1H3,(H,26,31)(H,27,30)(H,28,32)(H,33,34)/t18-/m0/s1. The zero-order valence-electron chi connectivity index (χ0n) is 18.5. The maximum atomic E-state index is 12.7. The highest BCUT2D eigenvalue weighted by molar-refractivity contribution is 7.16. The van der Waals surface area contributed by atoms with Crippen molar-refractivity contribution in [3.63, 3.8) is 0 Å². The molecule has 35 heavy (non-hydrogen) atoms. The van der Waals surface area contributed by atoms with Crippen molar-refractivity contribution in [1.82, 2.24) is 16.0 Å². The van der Waals surface area contributed by atoms with Crippen molar-refractivity contribution in [3.05, 3.63) is 86.1 Å². The lowest BCUT2D eigenvalue weighted by Gasteiger charge is -2.15. The van der Waals surface area contributed by atoms with E-state index in [0.717, 1.165) is 11.3 Å². The molecule has 0 unspecified atom stereocenters. The number of halogens is 1. The minimum absolute atomic E-state index is 0.0828. The van der Waals surface area contributed by atoms with E-state index in [1.807, 2.05) is 0 Å². The number of rotatable bonds is 9. The third-order valence-electron chi connectivity index (χ3n) is 4.87. The van der Waals surface area contributed by atoms with E-state index >= 15 is 0 Å². The molecule has 182 valence electrons. The van der Waals surface area contributed by atoms with Gasteiger partial charge in [0.05, 0.1) is 9.75 Å². The molecule has 1 aromatic heterocycles. The Morgan fingerprint density at radius 3 is 2.40 bits per heavy atom. The Hall–Kier alpha value is -3.89. The minimum atomic E-state index is -1.39. The van der Waals surface area contributed by atoms with Crippen LogP contribution in [0.1, 0.15) is 40.8 Å². The van der Waals surface area contributed by atoms with E-state index in [1.165, 1.54) is 30.3 Å². The van der Waals surface area contributed by atoms with Gasteiger partial charge in [-0.25, -0.2) is 4.79 Å². The van der Waals surface area contributed by atoms with E-state index in [1.54, 1.807) is 31.2 Å². The van der Waals surface area contributed by atoms with E-state index in [4.69, 9.17) is 11.6 Å². The lowest BCUT2D eigenvalue weighted by Crippen LogP contribution is -2.48. The summed E-state index contributed by atoms with van der Waals surface area (Å²) in [6.07, 6.45) is 0. The highest BCUT2D eigenvalue weighted by atomic mass is 35.5. The highest BCUT2D eigenvalue weighted by Crippen LogP contribution is 2.22. The van der Waals surface area contributed by atoms with Gasteiger partial charge in [-0.05, 0) is 54.4 Å². The number of aliphatic carboxylic acids is 1. The molecule has 0 bridgehead atoms. The van der Waals surface area contributed by atoms with Crippen molar-refractivity contribution >= 4 is 46.6 Å². The van der Waals surface area contributed by atoms with E-state index in [2.05, 4.69) is 16.0 Å². The summed E-state index contributed by atoms with van der Waals surface area (Å²) in [6, 6.07) is 12.7. The zero-order chi connectivity index (χ0) is 25.5. The van der Waals surface area contributed by atoms with Crippen LogP contribution in [-0.4, -0.2) is 46.5 Å². The molecule has 1 atom stereocenters. The summed E-state index contributed by atoms with van der Waals surface area (Å²) in [5.41, 5.74) is 1.46. The number of phenolic OH excluding ortho intramolecular Hbond substituents is 1. The Morgan fingerprint density at radius 2 is 1.71 bits per heavy atom. The molecule has 9 nitrogen and oxygen atoms in total. The monoisotopic (exact) mass is 515 g/mol. The predicted octanol–water partition coefficient (Wildman–Crippen LogP) is 2.96. The SMILES string of the molecule is Cc1cc(C(=O)NCc2cccc(O)c2)sc1C(=O)N[C@@H](CNC(=O)c1cccc(Cl)c1)C(=O)O. The van der Waals surface area contributed by atoms with Gasteiger partial charge in [0.15, 0.2) is 0 Å². The van der Waals surface area contributed by atoms with Gasteiger partial charge < -0.3 is 26.2 Å². The molecule has 0 spiro atoms. The molecule has 1 heterocycles. The Morgan fingerprint density at radius 1 is 0.971 bits per heavy atom. The highest BCUT2D eigenvalue weighted by Gasteiger charge is 2.24. The summed E-state index contributed by atoms with van der Waals surface area (Å²) in [5.74, 6) is -2.87. The van der Waals surface area contributed by atoms with E-state index < -0.39 is 29.7 Å². The maximum Gasteiger partial charge on any atom is 0.328 e. The van der Waals surface area contributed by atoms with Crippen LogP contribution in [0.25, 0.3) is 0 Å². The normalized spacial score (nSPS) is 11.4. The second-order valence-corrected chi connectivity index (χ2v) is 9.05. The van der Waals surface area contributed by atoms with E-state index in [9.17, 15) is 29.4 Å². The van der Waals surface area contributed by atoms with Crippen LogP contribution >= 0.6 is 22.9 Å². The number of nitrogens with one attached hydrogen (secondary N) is 3. The number of amides is 3. The fraction of sp³-hybridized carbons (Fsp3) is 0.167. The smallest absolute Gasteiger partial charge is 0.328 e. The van der Waals surface area contributed by atoms with Gasteiger partial charge in [-0.15, -0.1) is 11.3 Å². The number of thiophene rings is 1. The van der Waals surface area contributed by atoms with Gasteiger partial charge >= 0.3 is 5.97 Å². The van der Waals surface area contributed by atoms with Crippen molar-refractivity contribution in [3.8, 4) is 5.75 Å². The van der Waals surface area contributed by atoms with Gasteiger partial charge in [0, 0.05) is 23.7 Å². The number of carbonyl (C=O) groups excluding carboxylic acids is 3. The number of benzene rings is 2. The molecular formula is C24H22ClN3O6S. The van der Waals surface area contributed by atoms with Crippen LogP contribution in [0.2, 0.25) is 5.02 Å². The molecular weight excluding hydrogens is 494 g/mol. The second-order valence-electron chi connectivity index (χ2n) is 7.56. The molecule has 2 aromatic carbocycles. The molecule has 5 N–H and O–H groups in total. The van der Waals surface area contributed by atoms with Crippen LogP contribution < -0.4 is 16.0 Å². The first kappa shape index (κ1) is 25.7. The number of phenols is 1. The molecule has 0 saturated carbocycles. The summed E-state index contributed by atoms with van der Waals surface area (Å²) in [5, 5.41) is 26.9. The summed E-state index contributed by atoms with van der Waals surface area (Å²) in [7, 11) is 0. The number of carboxylic acids is 1. The number of hydrogen-bond donors (Lipinski definition) is 5. The number of aryl methyl sites for hydroxylation is 1. The lowest BCUT2D eigenvalue weighted by atomic mass is 10.2. The average molecular weight is 516 g/mol. The van der Waals surface area contributed by atoms with Crippen molar-refractivity contribution in [1.29, 1.82) is 0 Å². The van der Waals surface area contributed by atoms with Gasteiger partial charge in [0.1, 0.15) is 11.8 Å². The van der Waals surface area contributed by atoms with Gasteiger partial charge in [0.2, 0.25) is 0 Å². The Kier molecular flexibility index (Phi) is 8.45. The molecule has 0 aliphatic carbocycles. The molecule has 3 amide bonds. The third-order valence-corrected chi connectivity index (χ3v) is 6.34. The van der Waals surface area contributed by atoms with E-state index in [-0.39, 0.29) is 34.2 Å². The summed E-state index contributed by atoms with van der Waals surface area (Å²) < 4.78 is 0. The number of carboxylic acid groups (broad SMARTS) is 1. The van der Waals surface area contributed by atoms with Crippen molar-refractivity contribution in [2.24, 2.45) is 0 Å². The van der Waals surface area contributed by atoms with Crippen molar-refractivity contribution in [2.45, 2.75) is 19.5 Å². The van der Waals surface area contributed by atoms with Crippen molar-refractivity contribution in [2.75, 3.05) is 6.54 Å². The lowest BCUT2D eigenvalue weighted by molar-refractivity contribution is -0.139. The van der Waals surface area contributed by atoms with Crippen LogP contribution in [0.5, 0.6) is 5.75 Å². The molecule has 0 aliphatic heterocycles. The van der Waals surface area contributed by atoms with Gasteiger partial charge in [-0.3, -0.25) is 14.4 Å². The second kappa shape index (κ2) is 11.5. The zero-order valence-corrected chi connectivity index (χ0v) is 20.1. The third kappa shape index (κ3) is 7.05. The molecule has 0 aliphatic rings. The van der Waals surface area contributed by atoms with Gasteiger partial charge in [0.25, 0.3) is 17.7 Å². The Balaban J connectivity index is 1.61. The number of hydrogen-bond acceptors (Lipinski definition) is 6. The first-order valence-corrected chi connectivity index (χ1v) is 11.6. The van der Waals surface area contributed by atoms with Gasteiger partial charge in [-0.1, -0.05) is 29.8 Å². The minimum Gasteiger partial charge on any atom is -0.508 e. The molecule has 0 fully saturated rings. The number of carbonyl (C=O) groups is 4. The Bertz CT molecular complexity index is 1280. The van der Waals surface area contributed by atoms with Crippen LogP contribution in [0.15, 0.2) is 54.6 Å². The fourth-order valence-corrected chi connectivity index (χ4v) is 4.29. The first-order chi connectivity index (χ1) is 16.6. The van der Waals surface area contributed by atoms with Crippen molar-refractivity contribution < 1.29 is 29.4 Å². The average Bonchev–Trinajstić information content (AvgIpc) is 3.21. The summed E-state index contributed by atoms with van der Waals surface area (Å²) >= 11 is 6.79. The van der Waals surface area contributed by atoms with Gasteiger partial charge in [-0.2, -0.15) is 0 Å². The quantitative estimate of drug-likeness (QED) is 0.296. The molecule has 11 heteroatoms. The van der Waals surface area contributed by atoms with Crippen LogP contribution in [0.4, 0.5) is 0 Å². The molecule has 0 saturated heterocycles. The maximum absolute atomic E-state index is 12.7. The largest absolute Gasteiger partial charge is 0.508 e. The summed E-state index contributed by atoms with van der Waals surface area (Å²) in [4.78, 5) is 49.6. The summed E-state index contributed by atoms with van der Waals surface area (Å²) in [6.45, 7) is 1.46. The fourth-order valence-electron chi connectivity index (χ4n) is 3.11. The molecule has 0 radical (unpaired) electrons. The van der Waals surface area contributed by atoms with Crippen LogP contribution in [0, 0.1) is 6.92 Å². The molecule has 3 rings (SSSR count). The van der Waals surface area contributed by atoms with E-state index in [0.29, 0.717) is 16.1 Å². The number of aromatic hydroxyl groups is 1. The topological polar surface area (TPSA) is 145 Å².